The lowest BCUT2D eigenvalue weighted by atomic mass is 10.1. The number of piperazine rings is 1. The number of benzene rings is 1. The van der Waals surface area contributed by atoms with Gasteiger partial charge in [0.15, 0.2) is 0 Å². The Morgan fingerprint density at radius 1 is 1.50 bits per heavy atom. The Labute approximate surface area is 111 Å². The number of hydrogen-bond donors (Lipinski definition) is 2. The van der Waals surface area contributed by atoms with Gasteiger partial charge in [0, 0.05) is 31.8 Å². The SMILES string of the molecule is O=C(O)C1CNCCN1c1cc(F)cc(F)c1[N+](=O)[O-]. The molecule has 1 aromatic carbocycles. The highest BCUT2D eigenvalue weighted by Gasteiger charge is 2.34. The molecule has 0 radical (unpaired) electrons. The summed E-state index contributed by atoms with van der Waals surface area (Å²) in [6.07, 6.45) is 0. The van der Waals surface area contributed by atoms with Gasteiger partial charge in [0.2, 0.25) is 5.82 Å². The van der Waals surface area contributed by atoms with Crippen molar-refractivity contribution < 1.29 is 23.6 Å². The summed E-state index contributed by atoms with van der Waals surface area (Å²) < 4.78 is 26.9. The van der Waals surface area contributed by atoms with Crippen molar-refractivity contribution in [2.75, 3.05) is 24.5 Å². The van der Waals surface area contributed by atoms with Crippen LogP contribution < -0.4 is 10.2 Å². The van der Waals surface area contributed by atoms with Gasteiger partial charge in [0.1, 0.15) is 17.5 Å². The normalized spacial score (nSPS) is 18.9. The average Bonchev–Trinajstić information content (AvgIpc) is 2.37. The van der Waals surface area contributed by atoms with E-state index in [0.29, 0.717) is 12.6 Å². The molecule has 0 amide bonds. The maximum Gasteiger partial charge on any atom is 0.328 e. The molecule has 1 saturated heterocycles. The van der Waals surface area contributed by atoms with Crippen LogP contribution in [-0.2, 0) is 4.79 Å². The van der Waals surface area contributed by atoms with Crippen molar-refractivity contribution in [1.29, 1.82) is 0 Å². The third-order valence-corrected chi connectivity index (χ3v) is 3.03. The molecule has 0 aromatic heterocycles. The van der Waals surface area contributed by atoms with Crippen LogP contribution in [0.5, 0.6) is 0 Å². The van der Waals surface area contributed by atoms with Crippen molar-refractivity contribution in [1.82, 2.24) is 5.32 Å². The number of carbonyl (C=O) groups is 1. The summed E-state index contributed by atoms with van der Waals surface area (Å²) >= 11 is 0. The Morgan fingerprint density at radius 3 is 2.80 bits per heavy atom. The van der Waals surface area contributed by atoms with E-state index in [4.69, 9.17) is 5.11 Å². The molecule has 20 heavy (non-hydrogen) atoms. The van der Waals surface area contributed by atoms with E-state index < -0.39 is 34.3 Å². The standard InChI is InChI=1S/C11H11F2N3O4/c12-6-3-7(13)10(16(19)20)8(4-6)15-2-1-14-5-9(15)11(17)18/h3-4,9,14H,1-2,5H2,(H,17,18). The van der Waals surface area contributed by atoms with E-state index in [1.807, 2.05) is 0 Å². The number of halogens is 2. The first-order valence-electron chi connectivity index (χ1n) is 5.75. The van der Waals surface area contributed by atoms with Crippen LogP contribution in [0.3, 0.4) is 0 Å². The minimum absolute atomic E-state index is 0.0324. The Morgan fingerprint density at radius 2 is 2.20 bits per heavy atom. The Balaban J connectivity index is 2.54. The monoisotopic (exact) mass is 287 g/mol. The van der Waals surface area contributed by atoms with Gasteiger partial charge in [-0.1, -0.05) is 0 Å². The lowest BCUT2D eigenvalue weighted by molar-refractivity contribution is -0.386. The summed E-state index contributed by atoms with van der Waals surface area (Å²) in [4.78, 5) is 22.2. The molecule has 1 fully saturated rings. The van der Waals surface area contributed by atoms with Crippen LogP contribution in [0.25, 0.3) is 0 Å². The molecule has 0 saturated carbocycles. The topological polar surface area (TPSA) is 95.7 Å². The van der Waals surface area contributed by atoms with Gasteiger partial charge < -0.3 is 15.3 Å². The number of aliphatic carboxylic acids is 1. The minimum Gasteiger partial charge on any atom is -0.480 e. The van der Waals surface area contributed by atoms with Crippen molar-refractivity contribution >= 4 is 17.3 Å². The molecular formula is C11H11F2N3O4. The summed E-state index contributed by atoms with van der Waals surface area (Å²) in [5.41, 5.74) is -1.28. The number of carboxylic acid groups (broad SMARTS) is 1. The lowest BCUT2D eigenvalue weighted by Crippen LogP contribution is -2.55. The fraction of sp³-hybridized carbons (Fsp3) is 0.364. The van der Waals surface area contributed by atoms with Crippen LogP contribution in [0.15, 0.2) is 12.1 Å². The van der Waals surface area contributed by atoms with Crippen LogP contribution in [0.4, 0.5) is 20.2 Å². The zero-order chi connectivity index (χ0) is 14.9. The van der Waals surface area contributed by atoms with Crippen LogP contribution in [0, 0.1) is 21.7 Å². The average molecular weight is 287 g/mol. The van der Waals surface area contributed by atoms with Gasteiger partial charge in [-0.15, -0.1) is 0 Å². The van der Waals surface area contributed by atoms with E-state index in [9.17, 15) is 23.7 Å². The number of nitrogens with zero attached hydrogens (tertiary/aromatic N) is 2. The third-order valence-electron chi connectivity index (χ3n) is 3.03. The van der Waals surface area contributed by atoms with Crippen molar-refractivity contribution in [2.45, 2.75) is 6.04 Å². The summed E-state index contributed by atoms with van der Waals surface area (Å²) in [6.45, 7) is 0.490. The second-order valence-corrected chi connectivity index (χ2v) is 4.26. The highest BCUT2D eigenvalue weighted by Crippen LogP contribution is 2.33. The molecule has 1 aromatic rings. The zero-order valence-corrected chi connectivity index (χ0v) is 10.2. The van der Waals surface area contributed by atoms with Gasteiger partial charge in [-0.05, 0) is 0 Å². The second kappa shape index (κ2) is 5.37. The molecule has 0 spiro atoms. The van der Waals surface area contributed by atoms with Crippen LogP contribution in [-0.4, -0.2) is 41.7 Å². The predicted octanol–water partition coefficient (Wildman–Crippen LogP) is 0.736. The smallest absolute Gasteiger partial charge is 0.328 e. The Kier molecular flexibility index (Phi) is 3.79. The van der Waals surface area contributed by atoms with Crippen LogP contribution in [0.2, 0.25) is 0 Å². The first kappa shape index (κ1) is 14.1. The van der Waals surface area contributed by atoms with Crippen molar-refractivity contribution in [3.8, 4) is 0 Å². The molecule has 0 aliphatic carbocycles. The van der Waals surface area contributed by atoms with E-state index in [1.165, 1.54) is 0 Å². The van der Waals surface area contributed by atoms with Gasteiger partial charge >= 0.3 is 11.7 Å². The second-order valence-electron chi connectivity index (χ2n) is 4.26. The molecule has 1 aliphatic heterocycles. The first-order chi connectivity index (χ1) is 9.41. The molecule has 1 unspecified atom stereocenters. The van der Waals surface area contributed by atoms with Gasteiger partial charge in [-0.2, -0.15) is 4.39 Å². The van der Waals surface area contributed by atoms with E-state index >= 15 is 0 Å². The largest absolute Gasteiger partial charge is 0.480 e. The lowest BCUT2D eigenvalue weighted by Gasteiger charge is -2.34. The first-order valence-corrected chi connectivity index (χ1v) is 5.75. The van der Waals surface area contributed by atoms with Gasteiger partial charge in [0.25, 0.3) is 0 Å². The van der Waals surface area contributed by atoms with Gasteiger partial charge in [-0.3, -0.25) is 10.1 Å². The summed E-state index contributed by atoms with van der Waals surface area (Å²) in [5.74, 6) is -3.55. The molecule has 0 bridgehead atoms. The molecule has 2 N–H and O–H groups in total. The maximum atomic E-state index is 13.6. The van der Waals surface area contributed by atoms with Crippen molar-refractivity contribution in [3.63, 3.8) is 0 Å². The Hall–Kier alpha value is -2.29. The van der Waals surface area contributed by atoms with Crippen molar-refractivity contribution in [3.05, 3.63) is 33.9 Å². The van der Waals surface area contributed by atoms with E-state index in [-0.39, 0.29) is 18.8 Å². The number of hydrogen-bond acceptors (Lipinski definition) is 5. The number of nitro benzene ring substituents is 1. The quantitative estimate of drug-likeness (QED) is 0.628. The van der Waals surface area contributed by atoms with Crippen LogP contribution in [0.1, 0.15) is 0 Å². The summed E-state index contributed by atoms with van der Waals surface area (Å²) in [5, 5.41) is 22.8. The number of rotatable bonds is 3. The maximum absolute atomic E-state index is 13.6. The Bertz CT molecular complexity index is 567. The van der Waals surface area contributed by atoms with Gasteiger partial charge in [0.05, 0.1) is 4.92 Å². The molecular weight excluding hydrogens is 276 g/mol. The number of nitro groups is 1. The predicted molar refractivity (Wildman–Crippen MR) is 64.7 cm³/mol. The molecule has 1 aliphatic rings. The molecule has 9 heteroatoms. The van der Waals surface area contributed by atoms with Crippen LogP contribution >= 0.6 is 0 Å². The molecule has 7 nitrogen and oxygen atoms in total. The molecule has 1 atom stereocenters. The third kappa shape index (κ3) is 2.52. The summed E-state index contributed by atoms with van der Waals surface area (Å²) in [6, 6.07) is 0.0610. The van der Waals surface area contributed by atoms with E-state index in [1.54, 1.807) is 0 Å². The molecule has 108 valence electrons. The fourth-order valence-electron chi connectivity index (χ4n) is 2.17. The molecule has 2 rings (SSSR count). The number of carboxylic acids is 1. The zero-order valence-electron chi connectivity index (χ0n) is 10.2. The highest BCUT2D eigenvalue weighted by molar-refractivity contribution is 5.81. The van der Waals surface area contributed by atoms with Crippen molar-refractivity contribution in [2.24, 2.45) is 0 Å². The highest BCUT2D eigenvalue weighted by atomic mass is 19.1. The minimum atomic E-state index is -1.33. The number of anilines is 1. The van der Waals surface area contributed by atoms with Gasteiger partial charge in [-0.25, -0.2) is 9.18 Å². The summed E-state index contributed by atoms with van der Waals surface area (Å²) in [7, 11) is 0. The van der Waals surface area contributed by atoms with E-state index in [2.05, 4.69) is 5.32 Å². The molecule has 1 heterocycles. The fourth-order valence-corrected chi connectivity index (χ4v) is 2.17. The van der Waals surface area contributed by atoms with E-state index in [0.717, 1.165) is 11.0 Å². The number of nitrogens with one attached hydrogen (secondary N) is 1.